The van der Waals surface area contributed by atoms with Crippen LogP contribution in [0.5, 0.6) is 0 Å². The Balaban J connectivity index is 1.80. The summed E-state index contributed by atoms with van der Waals surface area (Å²) in [5.74, 6) is -0.689. The van der Waals surface area contributed by atoms with Crippen LogP contribution in [-0.4, -0.2) is 27.0 Å². The quantitative estimate of drug-likeness (QED) is 0.902. The molecule has 0 radical (unpaired) electrons. The van der Waals surface area contributed by atoms with E-state index in [9.17, 15) is 9.59 Å². The highest BCUT2D eigenvalue weighted by Crippen LogP contribution is 2.35. The number of carboxylic acids is 1. The average molecular weight is 325 g/mol. The van der Waals surface area contributed by atoms with Crippen molar-refractivity contribution in [3.05, 3.63) is 53.1 Å². The number of nitrogens with zero attached hydrogens (tertiary/aromatic N) is 2. The van der Waals surface area contributed by atoms with Crippen LogP contribution in [0.15, 0.2) is 30.5 Å². The largest absolute Gasteiger partial charge is 0.478 e. The summed E-state index contributed by atoms with van der Waals surface area (Å²) in [7, 11) is 0. The molecule has 124 valence electrons. The maximum atomic E-state index is 12.4. The fourth-order valence-electron chi connectivity index (χ4n) is 2.93. The minimum absolute atomic E-state index is 0.171. The van der Waals surface area contributed by atoms with Crippen LogP contribution in [0.25, 0.3) is 0 Å². The van der Waals surface area contributed by atoms with E-state index in [0.717, 1.165) is 24.2 Å². The normalized spacial score (nSPS) is 19.4. The van der Waals surface area contributed by atoms with Crippen molar-refractivity contribution >= 4 is 17.6 Å². The van der Waals surface area contributed by atoms with Crippen LogP contribution < -0.4 is 5.32 Å². The van der Waals surface area contributed by atoms with Gasteiger partial charge in [-0.2, -0.15) is 0 Å². The van der Waals surface area contributed by atoms with Gasteiger partial charge < -0.3 is 10.4 Å². The number of hydrogen-bond donors (Lipinski definition) is 2. The van der Waals surface area contributed by atoms with Crippen LogP contribution in [0.3, 0.4) is 0 Å². The van der Waals surface area contributed by atoms with Gasteiger partial charge >= 0.3 is 5.97 Å². The molecule has 2 N–H and O–H groups in total. The van der Waals surface area contributed by atoms with Crippen molar-refractivity contribution in [3.8, 4) is 0 Å². The first-order valence-corrected chi connectivity index (χ1v) is 7.97. The number of carbonyl (C=O) groups excluding carboxylic acids is 1. The zero-order chi connectivity index (χ0) is 17.3. The summed E-state index contributed by atoms with van der Waals surface area (Å²) in [5, 5.41) is 11.6. The lowest BCUT2D eigenvalue weighted by molar-refractivity contribution is 0.0696. The Morgan fingerprint density at radius 2 is 1.71 bits per heavy atom. The topological polar surface area (TPSA) is 92.2 Å². The van der Waals surface area contributed by atoms with E-state index in [2.05, 4.69) is 29.1 Å². The molecule has 24 heavy (non-hydrogen) atoms. The molecule has 1 aromatic carbocycles. The third-order valence-electron chi connectivity index (χ3n) is 4.42. The molecule has 1 amide bonds. The van der Waals surface area contributed by atoms with Gasteiger partial charge in [-0.25, -0.2) is 9.78 Å². The third kappa shape index (κ3) is 3.13. The molecule has 1 heterocycles. The fourth-order valence-corrected chi connectivity index (χ4v) is 2.93. The summed E-state index contributed by atoms with van der Waals surface area (Å²) < 4.78 is 0. The number of carbonyl (C=O) groups is 2. The molecule has 0 spiro atoms. The monoisotopic (exact) mass is 325 g/mol. The van der Waals surface area contributed by atoms with E-state index in [1.165, 1.54) is 18.3 Å². The van der Waals surface area contributed by atoms with Crippen molar-refractivity contribution in [1.29, 1.82) is 0 Å². The zero-order valence-electron chi connectivity index (χ0n) is 13.6. The standard InChI is InChI=1S/C18H19N3O3/c1-10-3-4-11(2)16-15(10)19-9-14(21-16)17(22)20-13-7-5-12(6-8-13)18(23)24/h5-11H,3-4H2,1-2H3,(H,20,22)(H,23,24). The van der Waals surface area contributed by atoms with Gasteiger partial charge in [0.25, 0.3) is 5.91 Å². The van der Waals surface area contributed by atoms with Gasteiger partial charge in [0.2, 0.25) is 0 Å². The van der Waals surface area contributed by atoms with Crippen LogP contribution >= 0.6 is 0 Å². The highest BCUT2D eigenvalue weighted by atomic mass is 16.4. The molecule has 0 saturated heterocycles. The van der Waals surface area contributed by atoms with Crippen molar-refractivity contribution in [1.82, 2.24) is 9.97 Å². The van der Waals surface area contributed by atoms with Crippen molar-refractivity contribution in [2.24, 2.45) is 0 Å². The number of amides is 1. The molecular weight excluding hydrogens is 306 g/mol. The molecular formula is C18H19N3O3. The van der Waals surface area contributed by atoms with Gasteiger partial charge in [0, 0.05) is 17.5 Å². The summed E-state index contributed by atoms with van der Waals surface area (Å²) >= 11 is 0. The number of fused-ring (bicyclic) bond motifs is 1. The van der Waals surface area contributed by atoms with Gasteiger partial charge in [-0.05, 0) is 37.1 Å². The first kappa shape index (κ1) is 16.1. The third-order valence-corrected chi connectivity index (χ3v) is 4.42. The second kappa shape index (κ2) is 6.39. The fraction of sp³-hybridized carbons (Fsp3) is 0.333. The summed E-state index contributed by atoms with van der Waals surface area (Å²) in [6.45, 7) is 4.23. The van der Waals surface area contributed by atoms with E-state index in [4.69, 9.17) is 5.11 Å². The number of carboxylic acid groups (broad SMARTS) is 1. The number of nitrogens with one attached hydrogen (secondary N) is 1. The van der Waals surface area contributed by atoms with Crippen LogP contribution in [0, 0.1) is 0 Å². The Hall–Kier alpha value is -2.76. The summed E-state index contributed by atoms with van der Waals surface area (Å²) in [6, 6.07) is 6.00. The first-order chi connectivity index (χ1) is 11.5. The number of rotatable bonds is 3. The Bertz CT molecular complexity index is 787. The number of aromatic nitrogens is 2. The average Bonchev–Trinajstić information content (AvgIpc) is 2.58. The van der Waals surface area contributed by atoms with Crippen LogP contribution in [0.2, 0.25) is 0 Å². The first-order valence-electron chi connectivity index (χ1n) is 7.97. The highest BCUT2D eigenvalue weighted by Gasteiger charge is 2.25. The van der Waals surface area contributed by atoms with Crippen LogP contribution in [0.4, 0.5) is 5.69 Å². The van der Waals surface area contributed by atoms with E-state index in [1.54, 1.807) is 12.1 Å². The van der Waals surface area contributed by atoms with E-state index in [-0.39, 0.29) is 17.2 Å². The van der Waals surface area contributed by atoms with E-state index >= 15 is 0 Å². The van der Waals surface area contributed by atoms with Gasteiger partial charge in [0.15, 0.2) is 0 Å². The number of hydrogen-bond acceptors (Lipinski definition) is 4. The molecule has 0 aliphatic heterocycles. The Morgan fingerprint density at radius 3 is 2.33 bits per heavy atom. The minimum atomic E-state index is -1.00. The molecule has 6 heteroatoms. The number of anilines is 1. The van der Waals surface area contributed by atoms with E-state index < -0.39 is 5.97 Å². The summed E-state index contributed by atoms with van der Waals surface area (Å²) in [5.41, 5.74) is 2.85. The summed E-state index contributed by atoms with van der Waals surface area (Å²) in [6.07, 6.45) is 3.64. The lowest BCUT2D eigenvalue weighted by atomic mass is 9.84. The molecule has 0 fully saturated rings. The van der Waals surface area contributed by atoms with Gasteiger partial charge in [0.05, 0.1) is 23.1 Å². The highest BCUT2D eigenvalue weighted by molar-refractivity contribution is 6.03. The lowest BCUT2D eigenvalue weighted by Gasteiger charge is -2.25. The van der Waals surface area contributed by atoms with Gasteiger partial charge in [-0.3, -0.25) is 9.78 Å². The smallest absolute Gasteiger partial charge is 0.335 e. The molecule has 1 aliphatic rings. The predicted molar refractivity (Wildman–Crippen MR) is 89.5 cm³/mol. The Kier molecular flexibility index (Phi) is 4.29. The molecule has 0 bridgehead atoms. The van der Waals surface area contributed by atoms with Crippen molar-refractivity contribution in [3.63, 3.8) is 0 Å². The van der Waals surface area contributed by atoms with Gasteiger partial charge in [-0.1, -0.05) is 13.8 Å². The molecule has 2 aromatic rings. The maximum absolute atomic E-state index is 12.4. The van der Waals surface area contributed by atoms with Crippen molar-refractivity contribution < 1.29 is 14.7 Å². The van der Waals surface area contributed by atoms with E-state index in [0.29, 0.717) is 17.5 Å². The maximum Gasteiger partial charge on any atom is 0.335 e. The summed E-state index contributed by atoms with van der Waals surface area (Å²) in [4.78, 5) is 32.2. The molecule has 3 rings (SSSR count). The zero-order valence-corrected chi connectivity index (χ0v) is 13.6. The minimum Gasteiger partial charge on any atom is -0.478 e. The molecule has 1 aliphatic carbocycles. The van der Waals surface area contributed by atoms with Gasteiger partial charge in [-0.15, -0.1) is 0 Å². The number of aromatic carboxylic acids is 1. The van der Waals surface area contributed by atoms with Crippen LogP contribution in [0.1, 0.15) is 70.8 Å². The second-order valence-electron chi connectivity index (χ2n) is 6.24. The van der Waals surface area contributed by atoms with Crippen molar-refractivity contribution in [2.75, 3.05) is 5.32 Å². The number of benzene rings is 1. The SMILES string of the molecule is CC1CCC(C)c2nc(C(=O)Nc3ccc(C(=O)O)cc3)cnc21. The lowest BCUT2D eigenvalue weighted by Crippen LogP contribution is -2.20. The molecule has 1 aromatic heterocycles. The molecule has 6 nitrogen and oxygen atoms in total. The van der Waals surface area contributed by atoms with E-state index in [1.807, 2.05) is 0 Å². The predicted octanol–water partition coefficient (Wildman–Crippen LogP) is 3.43. The molecule has 2 unspecified atom stereocenters. The van der Waals surface area contributed by atoms with Gasteiger partial charge in [0.1, 0.15) is 5.69 Å². The second-order valence-corrected chi connectivity index (χ2v) is 6.24. The Morgan fingerprint density at radius 1 is 1.08 bits per heavy atom. The Labute approximate surface area is 140 Å². The molecule has 0 saturated carbocycles. The van der Waals surface area contributed by atoms with Crippen molar-refractivity contribution in [2.45, 2.75) is 38.5 Å². The van der Waals surface area contributed by atoms with Crippen LogP contribution in [-0.2, 0) is 0 Å². The molecule has 2 atom stereocenters.